The number of piperidine rings is 1. The maximum atomic E-state index is 12.7. The van der Waals surface area contributed by atoms with E-state index in [9.17, 15) is 4.79 Å². The van der Waals surface area contributed by atoms with Crippen LogP contribution in [0.25, 0.3) is 16.8 Å². The van der Waals surface area contributed by atoms with E-state index in [1.54, 1.807) is 6.20 Å². The first kappa shape index (κ1) is 20.7. The lowest BCUT2D eigenvalue weighted by Gasteiger charge is -2.33. The quantitative estimate of drug-likeness (QED) is 0.634. The maximum absolute atomic E-state index is 12.7. The number of carbonyl (C=O) groups excluding carboxylic acids is 1. The molecule has 0 aliphatic carbocycles. The van der Waals surface area contributed by atoms with Crippen molar-refractivity contribution in [1.29, 1.82) is 0 Å². The van der Waals surface area contributed by atoms with Crippen LogP contribution in [0.3, 0.4) is 0 Å². The molecule has 0 bridgehead atoms. The topological polar surface area (TPSA) is 62.5 Å². The van der Waals surface area contributed by atoms with Crippen molar-refractivity contribution in [2.75, 3.05) is 24.5 Å². The highest BCUT2D eigenvalue weighted by Gasteiger charge is 2.27. The highest BCUT2D eigenvalue weighted by molar-refractivity contribution is 6.30. The van der Waals surface area contributed by atoms with Crippen LogP contribution in [0.5, 0.6) is 0 Å². The van der Waals surface area contributed by atoms with Crippen molar-refractivity contribution in [3.05, 3.63) is 47.7 Å². The van der Waals surface area contributed by atoms with Crippen LogP contribution in [-0.4, -0.2) is 40.1 Å². The van der Waals surface area contributed by atoms with Crippen LogP contribution in [0.15, 0.2) is 42.7 Å². The number of anilines is 1. The summed E-state index contributed by atoms with van der Waals surface area (Å²) in [6, 6.07) is 9.73. The first-order valence-electron chi connectivity index (χ1n) is 10.6. The number of hydrogen-bond donors (Lipinski definition) is 1. The summed E-state index contributed by atoms with van der Waals surface area (Å²) in [4.78, 5) is 19.5. The highest BCUT2D eigenvalue weighted by atomic mass is 35.5. The third-order valence-corrected chi connectivity index (χ3v) is 5.84. The van der Waals surface area contributed by atoms with E-state index in [0.717, 1.165) is 54.9 Å². The Morgan fingerprint density at radius 2 is 2.20 bits per heavy atom. The summed E-state index contributed by atoms with van der Waals surface area (Å²) in [5.74, 6) is 1.60. The molecule has 0 radical (unpaired) electrons. The number of hydrogen-bond acceptors (Lipinski definition) is 4. The normalized spacial score (nSPS) is 16.9. The monoisotopic (exact) mass is 425 g/mol. The smallest absolute Gasteiger partial charge is 0.224 e. The third kappa shape index (κ3) is 4.59. The number of nitrogens with one attached hydrogen (secondary N) is 1. The zero-order chi connectivity index (χ0) is 21.1. The number of amides is 1. The Bertz CT molecular complexity index is 1030. The van der Waals surface area contributed by atoms with Gasteiger partial charge in [0.2, 0.25) is 5.91 Å². The SMILES string of the molecule is CC(C)CCNC(=O)[C@@H]1CCCN(c2nccn3nc(-c4cccc(Cl)c4)cc23)C1. The Morgan fingerprint density at radius 3 is 3.00 bits per heavy atom. The Morgan fingerprint density at radius 1 is 1.33 bits per heavy atom. The molecule has 1 N–H and O–H groups in total. The van der Waals surface area contributed by atoms with Gasteiger partial charge in [0.25, 0.3) is 0 Å². The van der Waals surface area contributed by atoms with Crippen LogP contribution in [0, 0.1) is 11.8 Å². The van der Waals surface area contributed by atoms with Crippen molar-refractivity contribution >= 4 is 28.8 Å². The van der Waals surface area contributed by atoms with Crippen molar-refractivity contribution < 1.29 is 4.79 Å². The summed E-state index contributed by atoms with van der Waals surface area (Å²) in [6.07, 6.45) is 6.52. The molecule has 7 heteroatoms. The van der Waals surface area contributed by atoms with Crippen molar-refractivity contribution in [2.45, 2.75) is 33.1 Å². The lowest BCUT2D eigenvalue weighted by Crippen LogP contribution is -2.43. The van der Waals surface area contributed by atoms with Gasteiger partial charge in [0.1, 0.15) is 5.52 Å². The summed E-state index contributed by atoms with van der Waals surface area (Å²) >= 11 is 6.15. The van der Waals surface area contributed by atoms with Crippen LogP contribution < -0.4 is 10.2 Å². The molecule has 0 unspecified atom stereocenters. The molecule has 1 aromatic carbocycles. The molecular weight excluding hydrogens is 398 g/mol. The van der Waals surface area contributed by atoms with Crippen molar-refractivity contribution in [1.82, 2.24) is 19.9 Å². The van der Waals surface area contributed by atoms with E-state index in [2.05, 4.69) is 29.0 Å². The number of nitrogens with zero attached hydrogens (tertiary/aromatic N) is 4. The lowest BCUT2D eigenvalue weighted by molar-refractivity contribution is -0.125. The molecule has 1 saturated heterocycles. The average molecular weight is 426 g/mol. The van der Waals surface area contributed by atoms with E-state index in [1.165, 1.54) is 0 Å². The molecular formula is C23H28ClN5O. The molecule has 1 atom stereocenters. The zero-order valence-electron chi connectivity index (χ0n) is 17.5. The molecule has 30 heavy (non-hydrogen) atoms. The summed E-state index contributed by atoms with van der Waals surface area (Å²) < 4.78 is 1.85. The van der Waals surface area contributed by atoms with Crippen LogP contribution in [0.4, 0.5) is 5.82 Å². The van der Waals surface area contributed by atoms with Gasteiger partial charge in [0.15, 0.2) is 5.82 Å². The highest BCUT2D eigenvalue weighted by Crippen LogP contribution is 2.29. The molecule has 0 saturated carbocycles. The van der Waals surface area contributed by atoms with E-state index in [-0.39, 0.29) is 11.8 Å². The van der Waals surface area contributed by atoms with Gasteiger partial charge in [-0.1, -0.05) is 37.6 Å². The largest absolute Gasteiger partial charge is 0.356 e. The molecule has 6 nitrogen and oxygen atoms in total. The Kier molecular flexibility index (Phi) is 6.23. The summed E-state index contributed by atoms with van der Waals surface area (Å²) in [6.45, 7) is 6.65. The number of fused-ring (bicyclic) bond motifs is 1. The van der Waals surface area contributed by atoms with Crippen molar-refractivity contribution in [3.63, 3.8) is 0 Å². The van der Waals surface area contributed by atoms with E-state index in [4.69, 9.17) is 16.7 Å². The van der Waals surface area contributed by atoms with Gasteiger partial charge >= 0.3 is 0 Å². The van der Waals surface area contributed by atoms with Gasteiger partial charge in [0, 0.05) is 42.6 Å². The minimum atomic E-state index is -0.0108. The van der Waals surface area contributed by atoms with Crippen molar-refractivity contribution in [3.8, 4) is 11.3 Å². The third-order valence-electron chi connectivity index (χ3n) is 5.60. The minimum Gasteiger partial charge on any atom is -0.356 e. The summed E-state index contributed by atoms with van der Waals surface area (Å²) in [5.41, 5.74) is 2.76. The zero-order valence-corrected chi connectivity index (χ0v) is 18.3. The Balaban J connectivity index is 1.54. The Labute approximate surface area is 182 Å². The first-order chi connectivity index (χ1) is 14.5. The van der Waals surface area contributed by atoms with E-state index >= 15 is 0 Å². The molecule has 1 fully saturated rings. The maximum Gasteiger partial charge on any atom is 0.224 e. The second kappa shape index (κ2) is 9.04. The van der Waals surface area contributed by atoms with Crippen LogP contribution in [0.1, 0.15) is 33.1 Å². The van der Waals surface area contributed by atoms with Crippen LogP contribution >= 0.6 is 11.6 Å². The van der Waals surface area contributed by atoms with E-state index in [0.29, 0.717) is 17.5 Å². The second-order valence-electron chi connectivity index (χ2n) is 8.38. The van der Waals surface area contributed by atoms with Gasteiger partial charge in [-0.2, -0.15) is 5.10 Å². The fourth-order valence-corrected chi connectivity index (χ4v) is 4.14. The van der Waals surface area contributed by atoms with Crippen molar-refractivity contribution in [2.24, 2.45) is 11.8 Å². The van der Waals surface area contributed by atoms with Gasteiger partial charge in [-0.3, -0.25) is 4.79 Å². The summed E-state index contributed by atoms with van der Waals surface area (Å²) in [5, 5.41) is 8.50. The Hall–Kier alpha value is -2.60. The number of carbonyl (C=O) groups is 1. The van der Waals surface area contributed by atoms with E-state index in [1.807, 2.05) is 41.0 Å². The number of benzene rings is 1. The predicted molar refractivity (Wildman–Crippen MR) is 121 cm³/mol. The molecule has 4 rings (SSSR count). The second-order valence-corrected chi connectivity index (χ2v) is 8.82. The fraction of sp³-hybridized carbons (Fsp3) is 0.435. The number of aromatic nitrogens is 3. The molecule has 2 aromatic heterocycles. The van der Waals surface area contributed by atoms with Gasteiger partial charge in [-0.15, -0.1) is 0 Å². The molecule has 158 valence electrons. The molecule has 1 amide bonds. The average Bonchev–Trinajstić information content (AvgIpc) is 3.18. The van der Waals surface area contributed by atoms with Crippen LogP contribution in [-0.2, 0) is 4.79 Å². The lowest BCUT2D eigenvalue weighted by atomic mass is 9.97. The first-order valence-corrected chi connectivity index (χ1v) is 11.0. The van der Waals surface area contributed by atoms with Gasteiger partial charge in [-0.25, -0.2) is 9.50 Å². The van der Waals surface area contributed by atoms with E-state index < -0.39 is 0 Å². The summed E-state index contributed by atoms with van der Waals surface area (Å²) in [7, 11) is 0. The molecule has 0 spiro atoms. The fourth-order valence-electron chi connectivity index (χ4n) is 3.95. The van der Waals surface area contributed by atoms with Gasteiger partial charge in [0.05, 0.1) is 11.6 Å². The molecule has 3 aromatic rings. The molecule has 3 heterocycles. The number of halogens is 1. The van der Waals surface area contributed by atoms with Gasteiger partial charge in [-0.05, 0) is 43.4 Å². The van der Waals surface area contributed by atoms with Crippen LogP contribution in [0.2, 0.25) is 5.02 Å². The number of rotatable bonds is 6. The minimum absolute atomic E-state index is 0.0108. The van der Waals surface area contributed by atoms with Gasteiger partial charge < -0.3 is 10.2 Å². The molecule has 1 aliphatic rings. The standard InChI is InChI=1S/C23H28ClN5O/c1-16(2)8-9-26-23(30)18-6-4-11-28(15-18)22-21-14-20(27-29(21)12-10-25-22)17-5-3-7-19(24)13-17/h3,5,7,10,12-14,16,18H,4,6,8-9,11,15H2,1-2H3,(H,26,30)/t18-/m1/s1. The molecule has 1 aliphatic heterocycles. The predicted octanol–water partition coefficient (Wildman–Crippen LogP) is 4.43.